The summed E-state index contributed by atoms with van der Waals surface area (Å²) in [6.07, 6.45) is 8.06. The van der Waals surface area contributed by atoms with Gasteiger partial charge in [0, 0.05) is 24.1 Å². The number of aryl methyl sites for hydroxylation is 3. The second kappa shape index (κ2) is 11.8. The van der Waals surface area contributed by atoms with Crippen molar-refractivity contribution < 1.29 is 14.3 Å². The van der Waals surface area contributed by atoms with Crippen molar-refractivity contribution >= 4 is 22.8 Å². The van der Waals surface area contributed by atoms with Crippen molar-refractivity contribution in [3.8, 4) is 5.75 Å². The number of nitrogens with one attached hydrogen (secondary N) is 1. The van der Waals surface area contributed by atoms with Crippen LogP contribution in [-0.2, 0) is 24.0 Å². The topological polar surface area (TPSA) is 68.6 Å². The molecule has 0 radical (unpaired) electrons. The quantitative estimate of drug-likeness (QED) is 0.420. The molecule has 1 atom stereocenters. The van der Waals surface area contributed by atoms with E-state index in [0.717, 1.165) is 87.2 Å². The molecule has 38 heavy (non-hydrogen) atoms. The van der Waals surface area contributed by atoms with Gasteiger partial charge in [0.2, 0.25) is 0 Å². The van der Waals surface area contributed by atoms with Crippen molar-refractivity contribution in [2.45, 2.75) is 90.3 Å². The third-order valence-electron chi connectivity index (χ3n) is 7.95. The fourth-order valence-corrected chi connectivity index (χ4v) is 6.16. The summed E-state index contributed by atoms with van der Waals surface area (Å²) in [6.45, 7) is 8.35. The molecule has 1 fully saturated rings. The van der Waals surface area contributed by atoms with Gasteiger partial charge in [0.15, 0.2) is 0 Å². The predicted molar refractivity (Wildman–Crippen MR) is 152 cm³/mol. The zero-order valence-electron chi connectivity index (χ0n) is 23.3. The van der Waals surface area contributed by atoms with Crippen molar-refractivity contribution in [2.75, 3.05) is 25.1 Å². The summed E-state index contributed by atoms with van der Waals surface area (Å²) in [4.78, 5) is 19.8. The number of ether oxygens (including phenoxy) is 2. The van der Waals surface area contributed by atoms with Crippen LogP contribution in [0.3, 0.4) is 0 Å². The number of carbonyl (C=O) groups excluding carboxylic acids is 1. The number of fused-ring (bicyclic) bond motifs is 3. The highest BCUT2D eigenvalue weighted by Crippen LogP contribution is 2.38. The summed E-state index contributed by atoms with van der Waals surface area (Å²) in [5.41, 5.74) is 5.63. The van der Waals surface area contributed by atoms with Crippen LogP contribution in [0.5, 0.6) is 5.75 Å². The molecule has 0 unspecified atom stereocenters. The molecular formula is C31H42N4O3. The van der Waals surface area contributed by atoms with E-state index in [-0.39, 0.29) is 18.2 Å². The van der Waals surface area contributed by atoms with Crippen molar-refractivity contribution in [2.24, 2.45) is 0 Å². The first-order chi connectivity index (χ1) is 18.5. The van der Waals surface area contributed by atoms with Gasteiger partial charge in [-0.05, 0) is 109 Å². The lowest BCUT2D eigenvalue weighted by atomic mass is 9.95. The molecular weight excluding hydrogens is 476 g/mol. The maximum Gasteiger partial charge on any atom is 0.414 e. The lowest BCUT2D eigenvalue weighted by Crippen LogP contribution is -2.42. The smallest absolute Gasteiger partial charge is 0.414 e. The van der Waals surface area contributed by atoms with Gasteiger partial charge >= 0.3 is 6.09 Å². The standard InChI is InChI=1S/C31H42N4O3/c1-21(2)38-25-11-5-8-23(20-25)13-17-29-33-30-26-14-12-22(3)34(31(36)37-4)27(26)15-16-28(30)35(29)24-9-6-18-32-19-7-10-24/h5,8,11,15-16,20-22,24,32H,6-7,9-10,12-14,17-19H2,1-4H3/t22-/m0/s1. The van der Waals surface area contributed by atoms with Crippen LogP contribution in [0.2, 0.25) is 0 Å². The summed E-state index contributed by atoms with van der Waals surface area (Å²) in [7, 11) is 1.46. The molecule has 2 aliphatic heterocycles. The molecule has 5 rings (SSSR count). The minimum absolute atomic E-state index is 0.104. The lowest BCUT2D eigenvalue weighted by molar-refractivity contribution is 0.175. The Morgan fingerprint density at radius 1 is 1.11 bits per heavy atom. The molecule has 0 aliphatic carbocycles. The van der Waals surface area contributed by atoms with Crippen molar-refractivity contribution in [1.29, 1.82) is 0 Å². The molecule has 0 bridgehead atoms. The van der Waals surface area contributed by atoms with Gasteiger partial charge in [-0.2, -0.15) is 0 Å². The molecule has 3 heterocycles. The minimum atomic E-state index is -0.298. The summed E-state index contributed by atoms with van der Waals surface area (Å²) in [5.74, 6) is 2.06. The van der Waals surface area contributed by atoms with E-state index in [4.69, 9.17) is 14.5 Å². The molecule has 2 aliphatic rings. The highest BCUT2D eigenvalue weighted by molar-refractivity contribution is 5.95. The van der Waals surface area contributed by atoms with Crippen LogP contribution in [0.4, 0.5) is 10.5 Å². The first-order valence-electron chi connectivity index (χ1n) is 14.3. The van der Waals surface area contributed by atoms with Gasteiger partial charge in [-0.3, -0.25) is 4.90 Å². The average molecular weight is 519 g/mol. The van der Waals surface area contributed by atoms with Crippen LogP contribution in [0.1, 0.15) is 75.9 Å². The Balaban J connectivity index is 1.54. The van der Waals surface area contributed by atoms with Gasteiger partial charge in [-0.1, -0.05) is 12.1 Å². The third-order valence-corrected chi connectivity index (χ3v) is 7.95. The SMILES string of the molecule is COC(=O)N1c2ccc3c(nc(CCc4cccc(OC(C)C)c4)n3C3CCCNCCC3)c2CC[C@@H]1C. The highest BCUT2D eigenvalue weighted by Gasteiger charge is 2.32. The van der Waals surface area contributed by atoms with E-state index in [1.165, 1.54) is 23.8 Å². The predicted octanol–water partition coefficient (Wildman–Crippen LogP) is 6.22. The van der Waals surface area contributed by atoms with Crippen LogP contribution in [0.15, 0.2) is 36.4 Å². The summed E-state index contributed by atoms with van der Waals surface area (Å²) < 4.78 is 13.6. The Bertz CT molecular complexity index is 1260. The number of imidazole rings is 1. The van der Waals surface area contributed by atoms with Crippen LogP contribution < -0.4 is 15.0 Å². The van der Waals surface area contributed by atoms with E-state index in [9.17, 15) is 4.79 Å². The number of amides is 1. The molecule has 0 saturated carbocycles. The van der Waals surface area contributed by atoms with Crippen molar-refractivity contribution in [3.63, 3.8) is 0 Å². The minimum Gasteiger partial charge on any atom is -0.491 e. The Morgan fingerprint density at radius 2 is 1.89 bits per heavy atom. The van der Waals surface area contributed by atoms with Gasteiger partial charge in [0.1, 0.15) is 11.6 Å². The molecule has 3 aromatic rings. The summed E-state index contributed by atoms with van der Waals surface area (Å²) in [6, 6.07) is 13.3. The van der Waals surface area contributed by atoms with E-state index >= 15 is 0 Å². The average Bonchev–Trinajstić information content (AvgIpc) is 3.25. The highest BCUT2D eigenvalue weighted by atomic mass is 16.5. The Kier molecular flexibility index (Phi) is 8.22. The first-order valence-corrected chi connectivity index (χ1v) is 14.3. The van der Waals surface area contributed by atoms with E-state index in [0.29, 0.717) is 6.04 Å². The maximum absolute atomic E-state index is 12.7. The molecule has 7 nitrogen and oxygen atoms in total. The van der Waals surface area contributed by atoms with Crippen molar-refractivity contribution in [1.82, 2.24) is 14.9 Å². The fraction of sp³-hybridized carbons (Fsp3) is 0.548. The van der Waals surface area contributed by atoms with E-state index < -0.39 is 0 Å². The largest absolute Gasteiger partial charge is 0.491 e. The van der Waals surface area contributed by atoms with E-state index in [2.05, 4.69) is 61.0 Å². The molecule has 0 spiro atoms. The van der Waals surface area contributed by atoms with E-state index in [1.54, 1.807) is 4.90 Å². The molecule has 1 saturated heterocycles. The Labute approximate surface area is 226 Å². The third kappa shape index (κ3) is 5.53. The van der Waals surface area contributed by atoms with Crippen LogP contribution in [0.25, 0.3) is 11.0 Å². The molecule has 2 aromatic carbocycles. The Morgan fingerprint density at radius 3 is 2.63 bits per heavy atom. The monoisotopic (exact) mass is 518 g/mol. The second-order valence-electron chi connectivity index (χ2n) is 11.1. The summed E-state index contributed by atoms with van der Waals surface area (Å²) >= 11 is 0. The van der Waals surface area contributed by atoms with Crippen LogP contribution in [0, 0.1) is 0 Å². The number of aromatic nitrogens is 2. The number of benzene rings is 2. The number of rotatable bonds is 6. The van der Waals surface area contributed by atoms with Crippen LogP contribution >= 0.6 is 0 Å². The first kappa shape index (κ1) is 26.5. The summed E-state index contributed by atoms with van der Waals surface area (Å²) in [5, 5.41) is 3.55. The molecule has 204 valence electrons. The zero-order chi connectivity index (χ0) is 26.6. The lowest BCUT2D eigenvalue weighted by Gasteiger charge is -2.34. The number of hydrogen-bond acceptors (Lipinski definition) is 5. The van der Waals surface area contributed by atoms with Gasteiger partial charge in [-0.25, -0.2) is 9.78 Å². The molecule has 1 N–H and O–H groups in total. The Hall–Kier alpha value is -3.06. The number of carbonyl (C=O) groups is 1. The van der Waals surface area contributed by atoms with Gasteiger partial charge in [-0.15, -0.1) is 0 Å². The van der Waals surface area contributed by atoms with Crippen LogP contribution in [-0.4, -0.2) is 48.0 Å². The number of anilines is 1. The number of nitrogens with zero attached hydrogens (tertiary/aromatic N) is 3. The van der Waals surface area contributed by atoms with Gasteiger partial charge in [0.05, 0.1) is 29.9 Å². The zero-order valence-corrected chi connectivity index (χ0v) is 23.3. The number of methoxy groups -OCH3 is 1. The normalized spacial score (nSPS) is 18.8. The van der Waals surface area contributed by atoms with Gasteiger partial charge in [0.25, 0.3) is 0 Å². The van der Waals surface area contributed by atoms with Gasteiger partial charge < -0.3 is 19.4 Å². The molecule has 1 aromatic heterocycles. The second-order valence-corrected chi connectivity index (χ2v) is 11.1. The number of hydrogen-bond donors (Lipinski definition) is 1. The van der Waals surface area contributed by atoms with E-state index in [1.807, 2.05) is 6.07 Å². The maximum atomic E-state index is 12.7. The fourth-order valence-electron chi connectivity index (χ4n) is 6.16. The molecule has 1 amide bonds. The molecule has 7 heteroatoms. The van der Waals surface area contributed by atoms with Crippen molar-refractivity contribution in [3.05, 3.63) is 53.3 Å².